The van der Waals surface area contributed by atoms with Crippen LogP contribution in [0.2, 0.25) is 5.02 Å². The molecule has 0 aliphatic heterocycles. The molecule has 1 aromatic rings. The Labute approximate surface area is 95.0 Å². The van der Waals surface area contributed by atoms with Gasteiger partial charge in [-0.25, -0.2) is 0 Å². The summed E-state index contributed by atoms with van der Waals surface area (Å²) in [7, 11) is 1.62. The number of thiol groups is 1. The molecule has 1 rings (SSSR count). The number of hydrogen-bond donors (Lipinski definition) is 2. The van der Waals surface area contributed by atoms with Crippen LogP contribution < -0.4 is 10.1 Å². The number of ether oxygens (including phenoxy) is 1. The van der Waals surface area contributed by atoms with Crippen molar-refractivity contribution >= 4 is 24.2 Å². The molecular weight excluding hydrogens is 218 g/mol. The average Bonchev–Trinajstić information content (AvgIpc) is 2.18. The molecule has 0 spiro atoms. The lowest BCUT2D eigenvalue weighted by atomic mass is 10.1. The van der Waals surface area contributed by atoms with Crippen molar-refractivity contribution < 1.29 is 4.74 Å². The minimum Gasteiger partial charge on any atom is -0.495 e. The number of benzene rings is 1. The average molecular weight is 232 g/mol. The van der Waals surface area contributed by atoms with Gasteiger partial charge in [0.2, 0.25) is 0 Å². The molecule has 0 unspecified atom stereocenters. The number of halogens is 1. The fourth-order valence-electron chi connectivity index (χ4n) is 1.23. The first-order valence-electron chi connectivity index (χ1n) is 4.33. The van der Waals surface area contributed by atoms with E-state index in [0.717, 1.165) is 12.3 Å². The van der Waals surface area contributed by atoms with Crippen molar-refractivity contribution in [2.24, 2.45) is 0 Å². The second kappa shape index (κ2) is 5.49. The predicted octanol–water partition coefficient (Wildman–Crippen LogP) is 2.63. The number of nitrogens with one attached hydrogen (secondary N) is 1. The van der Waals surface area contributed by atoms with Gasteiger partial charge in [0, 0.05) is 12.4 Å². The number of hydrogen-bond acceptors (Lipinski definition) is 3. The van der Waals surface area contributed by atoms with Crippen molar-refractivity contribution in [2.75, 3.05) is 13.0 Å². The smallest absolute Gasteiger partial charge is 0.137 e. The summed E-state index contributed by atoms with van der Waals surface area (Å²) in [6.45, 7) is 2.81. The van der Waals surface area contributed by atoms with Gasteiger partial charge in [0.1, 0.15) is 5.75 Å². The van der Waals surface area contributed by atoms with E-state index in [0.29, 0.717) is 10.9 Å². The molecule has 0 aliphatic rings. The van der Waals surface area contributed by atoms with E-state index >= 15 is 0 Å². The predicted molar refractivity (Wildman–Crippen MR) is 63.4 cm³/mol. The molecule has 0 saturated heterocycles. The molecule has 0 bridgehead atoms. The standard InChI is InChI=1S/C10H14ClNOS/c1-7-3-10(13-2)9(11)4-8(7)5-12-6-14/h3-4,12,14H,5-6H2,1-2H3. The zero-order valence-corrected chi connectivity index (χ0v) is 9.95. The Bertz CT molecular complexity index is 317. The van der Waals surface area contributed by atoms with Crippen molar-refractivity contribution in [1.29, 1.82) is 0 Å². The summed E-state index contributed by atoms with van der Waals surface area (Å²) < 4.78 is 5.12. The van der Waals surface area contributed by atoms with Crippen LogP contribution in [-0.4, -0.2) is 13.0 Å². The summed E-state index contributed by atoms with van der Waals surface area (Å²) in [5, 5.41) is 3.78. The lowest BCUT2D eigenvalue weighted by molar-refractivity contribution is 0.414. The first kappa shape index (κ1) is 11.7. The summed E-state index contributed by atoms with van der Waals surface area (Å²) in [4.78, 5) is 0. The monoisotopic (exact) mass is 231 g/mol. The van der Waals surface area contributed by atoms with Crippen LogP contribution in [0.3, 0.4) is 0 Å². The van der Waals surface area contributed by atoms with Crippen molar-refractivity contribution in [1.82, 2.24) is 5.32 Å². The second-order valence-corrected chi connectivity index (χ2v) is 3.72. The molecule has 2 nitrogen and oxygen atoms in total. The largest absolute Gasteiger partial charge is 0.495 e. The minimum absolute atomic E-state index is 0.647. The first-order chi connectivity index (χ1) is 6.69. The number of rotatable bonds is 4. The van der Waals surface area contributed by atoms with Gasteiger partial charge in [-0.1, -0.05) is 11.6 Å². The van der Waals surface area contributed by atoms with Gasteiger partial charge in [-0.15, -0.1) is 0 Å². The van der Waals surface area contributed by atoms with E-state index in [1.807, 2.05) is 19.1 Å². The van der Waals surface area contributed by atoms with E-state index in [-0.39, 0.29) is 0 Å². The molecule has 0 saturated carbocycles. The third kappa shape index (κ3) is 2.80. The Hall–Kier alpha value is -0.380. The SMILES string of the molecule is COc1cc(C)c(CNCS)cc1Cl. The van der Waals surface area contributed by atoms with E-state index in [2.05, 4.69) is 17.9 Å². The summed E-state index contributed by atoms with van der Waals surface area (Å²) in [5.74, 6) is 1.38. The Morgan fingerprint density at radius 1 is 1.50 bits per heavy atom. The highest BCUT2D eigenvalue weighted by atomic mass is 35.5. The summed E-state index contributed by atoms with van der Waals surface area (Å²) >= 11 is 10.1. The number of methoxy groups -OCH3 is 1. The maximum absolute atomic E-state index is 6.01. The Morgan fingerprint density at radius 3 is 2.79 bits per heavy atom. The maximum Gasteiger partial charge on any atom is 0.137 e. The molecule has 0 aliphatic carbocycles. The van der Waals surface area contributed by atoms with Gasteiger partial charge in [0.05, 0.1) is 12.1 Å². The third-order valence-electron chi connectivity index (χ3n) is 2.04. The van der Waals surface area contributed by atoms with Crippen LogP contribution in [0.15, 0.2) is 12.1 Å². The van der Waals surface area contributed by atoms with Gasteiger partial charge >= 0.3 is 0 Å². The lowest BCUT2D eigenvalue weighted by Crippen LogP contribution is -2.11. The quantitative estimate of drug-likeness (QED) is 0.614. The first-order valence-corrected chi connectivity index (χ1v) is 5.34. The molecule has 0 amide bonds. The highest BCUT2D eigenvalue weighted by Crippen LogP contribution is 2.27. The van der Waals surface area contributed by atoms with E-state index in [1.54, 1.807) is 7.11 Å². The van der Waals surface area contributed by atoms with Crippen LogP contribution in [0.5, 0.6) is 5.75 Å². The molecule has 0 heterocycles. The molecule has 4 heteroatoms. The third-order valence-corrected chi connectivity index (χ3v) is 2.56. The Balaban J connectivity index is 2.90. The van der Waals surface area contributed by atoms with Crippen LogP contribution >= 0.6 is 24.2 Å². The molecule has 1 aromatic carbocycles. The zero-order valence-electron chi connectivity index (χ0n) is 8.30. The highest BCUT2D eigenvalue weighted by molar-refractivity contribution is 7.80. The Morgan fingerprint density at radius 2 is 2.21 bits per heavy atom. The molecule has 1 N–H and O–H groups in total. The molecule has 78 valence electrons. The van der Waals surface area contributed by atoms with Gasteiger partial charge < -0.3 is 10.1 Å². The van der Waals surface area contributed by atoms with Crippen LogP contribution in [0, 0.1) is 6.92 Å². The topological polar surface area (TPSA) is 21.3 Å². The lowest BCUT2D eigenvalue weighted by Gasteiger charge is -2.10. The molecule has 0 fully saturated rings. The van der Waals surface area contributed by atoms with Crippen LogP contribution in [0.25, 0.3) is 0 Å². The van der Waals surface area contributed by atoms with Crippen molar-refractivity contribution in [3.63, 3.8) is 0 Å². The highest BCUT2D eigenvalue weighted by Gasteiger charge is 2.05. The fraction of sp³-hybridized carbons (Fsp3) is 0.400. The minimum atomic E-state index is 0.647. The molecule has 14 heavy (non-hydrogen) atoms. The normalized spacial score (nSPS) is 10.3. The van der Waals surface area contributed by atoms with Gasteiger partial charge in [0.15, 0.2) is 0 Å². The van der Waals surface area contributed by atoms with E-state index in [9.17, 15) is 0 Å². The fourth-order valence-corrected chi connectivity index (χ4v) is 1.61. The van der Waals surface area contributed by atoms with Gasteiger partial charge in [-0.05, 0) is 30.2 Å². The molecule has 0 aromatic heterocycles. The number of aryl methyl sites for hydroxylation is 1. The van der Waals surface area contributed by atoms with E-state index in [1.165, 1.54) is 11.1 Å². The summed E-state index contributed by atoms with van der Waals surface area (Å²) in [6, 6.07) is 3.87. The van der Waals surface area contributed by atoms with Gasteiger partial charge in [-0.2, -0.15) is 12.6 Å². The van der Waals surface area contributed by atoms with Gasteiger partial charge in [0.25, 0.3) is 0 Å². The van der Waals surface area contributed by atoms with Crippen LogP contribution in [0.1, 0.15) is 11.1 Å². The van der Waals surface area contributed by atoms with E-state index in [4.69, 9.17) is 16.3 Å². The Kier molecular flexibility index (Phi) is 4.58. The molecular formula is C10H14ClNOS. The van der Waals surface area contributed by atoms with Crippen molar-refractivity contribution in [3.05, 3.63) is 28.3 Å². The molecule has 0 atom stereocenters. The van der Waals surface area contributed by atoms with Gasteiger partial charge in [-0.3, -0.25) is 0 Å². The van der Waals surface area contributed by atoms with Crippen LogP contribution in [-0.2, 0) is 6.54 Å². The summed E-state index contributed by atoms with van der Waals surface area (Å²) in [5.41, 5.74) is 2.34. The molecule has 0 radical (unpaired) electrons. The van der Waals surface area contributed by atoms with Crippen LogP contribution in [0.4, 0.5) is 0 Å². The maximum atomic E-state index is 6.01. The second-order valence-electron chi connectivity index (χ2n) is 3.00. The summed E-state index contributed by atoms with van der Waals surface area (Å²) in [6.07, 6.45) is 0. The zero-order chi connectivity index (χ0) is 10.6. The van der Waals surface area contributed by atoms with Crippen molar-refractivity contribution in [2.45, 2.75) is 13.5 Å². The van der Waals surface area contributed by atoms with Crippen molar-refractivity contribution in [3.8, 4) is 5.75 Å². The van der Waals surface area contributed by atoms with E-state index < -0.39 is 0 Å².